The Balaban J connectivity index is 1.86. The van der Waals surface area contributed by atoms with Gasteiger partial charge in [-0.1, -0.05) is 0 Å². The molecule has 1 N–H and O–H groups in total. The summed E-state index contributed by atoms with van der Waals surface area (Å²) in [4.78, 5) is 0. The summed E-state index contributed by atoms with van der Waals surface area (Å²) in [5.41, 5.74) is 0.284. The number of nitrogens with one attached hydrogen (secondary N) is 1. The molecule has 0 amide bonds. The Kier molecular flexibility index (Phi) is 3.08. The molecule has 0 spiro atoms. The molecule has 0 saturated carbocycles. The van der Waals surface area contributed by atoms with Crippen LogP contribution in [0.2, 0.25) is 0 Å². The number of hydrogen-bond acceptors (Lipinski definition) is 3. The normalized spacial score (nSPS) is 36.9. The lowest BCUT2D eigenvalue weighted by Gasteiger charge is -2.31. The molecule has 0 aromatic rings. The molecule has 3 nitrogen and oxygen atoms in total. The monoisotopic (exact) mass is 231 g/mol. The lowest BCUT2D eigenvalue weighted by atomic mass is 9.85. The van der Waals surface area contributed by atoms with Crippen LogP contribution in [0.3, 0.4) is 0 Å². The van der Waals surface area contributed by atoms with E-state index in [0.717, 1.165) is 25.8 Å². The van der Waals surface area contributed by atoms with Gasteiger partial charge in [0.15, 0.2) is 0 Å². The predicted molar refractivity (Wildman–Crippen MR) is 61.6 cm³/mol. The van der Waals surface area contributed by atoms with Crippen LogP contribution in [0.15, 0.2) is 0 Å². The van der Waals surface area contributed by atoms with Gasteiger partial charge in [0.1, 0.15) is 9.84 Å². The smallest absolute Gasteiger partial charge is 0.150 e. The highest BCUT2D eigenvalue weighted by molar-refractivity contribution is 7.91. The van der Waals surface area contributed by atoms with E-state index in [1.807, 2.05) is 0 Å². The molecule has 2 saturated heterocycles. The second kappa shape index (κ2) is 4.06. The second-order valence-corrected chi connectivity index (χ2v) is 7.69. The first-order valence-corrected chi connectivity index (χ1v) is 7.77. The summed E-state index contributed by atoms with van der Waals surface area (Å²) >= 11 is 0. The van der Waals surface area contributed by atoms with Crippen molar-refractivity contribution in [2.24, 2.45) is 5.92 Å². The minimum Gasteiger partial charge on any atom is -0.312 e. The van der Waals surface area contributed by atoms with Crippen molar-refractivity contribution < 1.29 is 8.42 Å². The van der Waals surface area contributed by atoms with Crippen molar-refractivity contribution in [3.8, 4) is 0 Å². The largest absolute Gasteiger partial charge is 0.312 e. The van der Waals surface area contributed by atoms with E-state index in [4.69, 9.17) is 0 Å². The highest BCUT2D eigenvalue weighted by Gasteiger charge is 2.33. The van der Waals surface area contributed by atoms with Crippen molar-refractivity contribution in [2.75, 3.05) is 18.1 Å². The van der Waals surface area contributed by atoms with Gasteiger partial charge in [-0.05, 0) is 51.5 Å². The molecule has 2 aliphatic heterocycles. The van der Waals surface area contributed by atoms with Crippen LogP contribution in [0.4, 0.5) is 0 Å². The molecule has 15 heavy (non-hydrogen) atoms. The minimum absolute atomic E-state index is 0.284. The van der Waals surface area contributed by atoms with Crippen molar-refractivity contribution in [3.05, 3.63) is 0 Å². The van der Waals surface area contributed by atoms with E-state index in [-0.39, 0.29) is 5.54 Å². The van der Waals surface area contributed by atoms with Crippen LogP contribution < -0.4 is 5.32 Å². The molecule has 1 unspecified atom stereocenters. The SMILES string of the molecule is CC1(CC2CCS(=O)(=O)CC2)CCCN1. The van der Waals surface area contributed by atoms with Crippen LogP contribution in [0.5, 0.6) is 0 Å². The molecule has 1 atom stereocenters. The molecule has 2 heterocycles. The van der Waals surface area contributed by atoms with Crippen molar-refractivity contribution in [1.29, 1.82) is 0 Å². The summed E-state index contributed by atoms with van der Waals surface area (Å²) in [6, 6.07) is 0. The van der Waals surface area contributed by atoms with Gasteiger partial charge in [0, 0.05) is 5.54 Å². The molecule has 0 aromatic carbocycles. The van der Waals surface area contributed by atoms with Crippen molar-refractivity contribution >= 4 is 9.84 Å². The van der Waals surface area contributed by atoms with Gasteiger partial charge in [-0.2, -0.15) is 0 Å². The summed E-state index contributed by atoms with van der Waals surface area (Å²) in [7, 11) is -2.69. The maximum Gasteiger partial charge on any atom is 0.150 e. The highest BCUT2D eigenvalue weighted by atomic mass is 32.2. The van der Waals surface area contributed by atoms with Crippen molar-refractivity contribution in [2.45, 2.75) is 44.6 Å². The Morgan fingerprint density at radius 1 is 1.33 bits per heavy atom. The van der Waals surface area contributed by atoms with Crippen molar-refractivity contribution in [1.82, 2.24) is 5.32 Å². The topological polar surface area (TPSA) is 46.2 Å². The summed E-state index contributed by atoms with van der Waals surface area (Å²) in [6.07, 6.45) is 5.42. The van der Waals surface area contributed by atoms with Crippen LogP contribution in [0, 0.1) is 5.92 Å². The lowest BCUT2D eigenvalue weighted by molar-refractivity contribution is 0.292. The minimum atomic E-state index is -2.69. The summed E-state index contributed by atoms with van der Waals surface area (Å²) in [5, 5.41) is 3.55. The first-order chi connectivity index (χ1) is 6.99. The van der Waals surface area contributed by atoms with E-state index < -0.39 is 9.84 Å². The van der Waals surface area contributed by atoms with Gasteiger partial charge in [-0.3, -0.25) is 0 Å². The molecule has 4 heteroatoms. The summed E-state index contributed by atoms with van der Waals surface area (Å²) in [5.74, 6) is 1.44. The fourth-order valence-corrected chi connectivity index (χ4v) is 4.50. The van der Waals surface area contributed by atoms with Crippen molar-refractivity contribution in [3.63, 3.8) is 0 Å². The number of rotatable bonds is 2. The highest BCUT2D eigenvalue weighted by Crippen LogP contribution is 2.31. The number of hydrogen-bond donors (Lipinski definition) is 1. The van der Waals surface area contributed by atoms with Gasteiger partial charge in [0.25, 0.3) is 0 Å². The maximum atomic E-state index is 11.3. The Morgan fingerprint density at radius 2 is 2.00 bits per heavy atom. The Hall–Kier alpha value is -0.0900. The third-order valence-corrected chi connectivity index (χ3v) is 5.59. The predicted octanol–water partition coefficient (Wildman–Crippen LogP) is 1.34. The standard InChI is InChI=1S/C11H21NO2S/c1-11(5-2-6-12-11)9-10-3-7-15(13,14)8-4-10/h10,12H,2-9H2,1H3. The van der Waals surface area contributed by atoms with E-state index >= 15 is 0 Å². The Morgan fingerprint density at radius 3 is 2.53 bits per heavy atom. The molecule has 88 valence electrons. The third-order valence-electron chi connectivity index (χ3n) is 3.87. The fourth-order valence-electron chi connectivity index (χ4n) is 2.91. The van der Waals surface area contributed by atoms with Crippen LogP contribution in [0.25, 0.3) is 0 Å². The molecular weight excluding hydrogens is 210 g/mol. The molecular formula is C11H21NO2S. The molecule has 0 radical (unpaired) electrons. The van der Waals surface area contributed by atoms with Crippen LogP contribution in [0.1, 0.15) is 39.0 Å². The van der Waals surface area contributed by atoms with E-state index in [1.165, 1.54) is 12.8 Å². The van der Waals surface area contributed by atoms with Gasteiger partial charge in [0.2, 0.25) is 0 Å². The molecule has 2 aliphatic rings. The first-order valence-electron chi connectivity index (χ1n) is 5.95. The van der Waals surface area contributed by atoms with Gasteiger partial charge < -0.3 is 5.32 Å². The van der Waals surface area contributed by atoms with Gasteiger partial charge >= 0.3 is 0 Å². The van der Waals surface area contributed by atoms with Crippen LogP contribution >= 0.6 is 0 Å². The summed E-state index contributed by atoms with van der Waals surface area (Å²) < 4.78 is 22.6. The van der Waals surface area contributed by atoms with Gasteiger partial charge in [0.05, 0.1) is 11.5 Å². The van der Waals surface area contributed by atoms with E-state index in [1.54, 1.807) is 0 Å². The third kappa shape index (κ3) is 2.94. The van der Waals surface area contributed by atoms with E-state index in [9.17, 15) is 8.42 Å². The quantitative estimate of drug-likeness (QED) is 0.780. The lowest BCUT2D eigenvalue weighted by Crippen LogP contribution is -2.39. The molecule has 2 rings (SSSR count). The van der Waals surface area contributed by atoms with Gasteiger partial charge in [-0.15, -0.1) is 0 Å². The second-order valence-electron chi connectivity index (χ2n) is 5.39. The zero-order valence-corrected chi connectivity index (χ0v) is 10.3. The molecule has 2 fully saturated rings. The average molecular weight is 231 g/mol. The number of sulfone groups is 1. The summed E-state index contributed by atoms with van der Waals surface area (Å²) in [6.45, 7) is 3.41. The molecule has 0 aliphatic carbocycles. The van der Waals surface area contributed by atoms with Crippen LogP contribution in [-0.2, 0) is 9.84 Å². The Labute approximate surface area is 92.6 Å². The average Bonchev–Trinajstić information content (AvgIpc) is 2.57. The Bertz CT molecular complexity index is 303. The van der Waals surface area contributed by atoms with E-state index in [2.05, 4.69) is 12.2 Å². The zero-order chi connectivity index (χ0) is 10.9. The fraction of sp³-hybridized carbons (Fsp3) is 1.00. The van der Waals surface area contributed by atoms with Crippen LogP contribution in [-0.4, -0.2) is 32.0 Å². The molecule has 0 bridgehead atoms. The zero-order valence-electron chi connectivity index (χ0n) is 9.46. The van der Waals surface area contributed by atoms with E-state index in [0.29, 0.717) is 17.4 Å². The first kappa shape index (κ1) is 11.4. The molecule has 0 aromatic heterocycles. The maximum absolute atomic E-state index is 11.3. The van der Waals surface area contributed by atoms with Gasteiger partial charge in [-0.25, -0.2) is 8.42 Å².